The fourth-order valence-corrected chi connectivity index (χ4v) is 11.0. The van der Waals surface area contributed by atoms with Gasteiger partial charge < -0.3 is 33.8 Å². The van der Waals surface area contributed by atoms with Gasteiger partial charge in [0.1, 0.15) is 19.3 Å². The summed E-state index contributed by atoms with van der Waals surface area (Å²) in [7, 11) is -9.95. The average Bonchev–Trinajstić information content (AvgIpc) is 1.29. The predicted molar refractivity (Wildman–Crippen MR) is 381 cm³/mol. The van der Waals surface area contributed by atoms with E-state index in [-0.39, 0.29) is 25.7 Å². The number of hydrogen-bond donors (Lipinski definition) is 3. The van der Waals surface area contributed by atoms with Crippen molar-refractivity contribution in [3.8, 4) is 0 Å². The molecular weight excluding hydrogens is 1230 g/mol. The zero-order valence-electron chi connectivity index (χ0n) is 58.9. The molecule has 0 rings (SSSR count). The molecule has 0 saturated carbocycles. The molecule has 0 saturated heterocycles. The Kier molecular flexibility index (Phi) is 64.7. The van der Waals surface area contributed by atoms with E-state index < -0.39 is 97.5 Å². The molecule has 5 atom stereocenters. The SMILES string of the molecule is CC/C=C\C/C=C\C/C=C\C/C=C\C/C=C\CCCC(=O)OCC(COP(=O)(O)OCC(O)COP(=O)(O)OCC(COC(=O)CCCCCCC/C=C\CCCC)OC(=O)CCCCCCCCCCCCC)OC(=O)CCCCCCC/C=C\C/C=C\CCCCC. The van der Waals surface area contributed by atoms with E-state index in [1.165, 1.54) is 70.6 Å². The molecule has 0 spiro atoms. The molecule has 0 aliphatic rings. The van der Waals surface area contributed by atoms with Crippen molar-refractivity contribution in [3.63, 3.8) is 0 Å². The zero-order chi connectivity index (χ0) is 69.0. The third kappa shape index (κ3) is 66.6. The molecule has 3 N–H and O–H groups in total. The summed E-state index contributed by atoms with van der Waals surface area (Å²) in [5.74, 6) is -2.26. The van der Waals surface area contributed by atoms with E-state index in [2.05, 4.69) is 113 Å². The van der Waals surface area contributed by atoms with Crippen LogP contribution in [0.25, 0.3) is 0 Å². The summed E-state index contributed by atoms with van der Waals surface area (Å²) in [6.45, 7) is 4.59. The third-order valence-corrected chi connectivity index (χ3v) is 16.9. The summed E-state index contributed by atoms with van der Waals surface area (Å²) in [6, 6.07) is 0. The van der Waals surface area contributed by atoms with E-state index in [9.17, 15) is 43.2 Å². The van der Waals surface area contributed by atoms with Crippen LogP contribution in [0, 0.1) is 0 Å². The summed E-state index contributed by atoms with van der Waals surface area (Å²) in [5, 5.41) is 10.6. The molecule has 94 heavy (non-hydrogen) atoms. The summed E-state index contributed by atoms with van der Waals surface area (Å²) in [5.41, 5.74) is 0. The van der Waals surface area contributed by atoms with Crippen molar-refractivity contribution < 1.29 is 80.2 Å². The first-order valence-electron chi connectivity index (χ1n) is 36.5. The summed E-state index contributed by atoms with van der Waals surface area (Å²) in [6.07, 6.45) is 68.5. The second-order valence-electron chi connectivity index (χ2n) is 24.2. The van der Waals surface area contributed by atoms with Gasteiger partial charge in [0.2, 0.25) is 0 Å². The van der Waals surface area contributed by atoms with Crippen LogP contribution in [0.4, 0.5) is 0 Å². The molecule has 0 aromatic heterocycles. The minimum Gasteiger partial charge on any atom is -0.462 e. The second kappa shape index (κ2) is 67.5. The van der Waals surface area contributed by atoms with Crippen LogP contribution in [0.1, 0.15) is 297 Å². The van der Waals surface area contributed by atoms with Crippen LogP contribution in [0.5, 0.6) is 0 Å². The third-order valence-electron chi connectivity index (χ3n) is 15.0. The highest BCUT2D eigenvalue weighted by atomic mass is 31.2. The average molecular weight is 1370 g/mol. The maximum Gasteiger partial charge on any atom is 0.472 e. The van der Waals surface area contributed by atoms with Crippen molar-refractivity contribution in [1.29, 1.82) is 0 Å². The lowest BCUT2D eigenvalue weighted by Crippen LogP contribution is -2.30. The Bertz CT molecular complexity index is 2170. The normalized spacial score (nSPS) is 14.6. The van der Waals surface area contributed by atoms with Crippen LogP contribution in [0.2, 0.25) is 0 Å². The predicted octanol–water partition coefficient (Wildman–Crippen LogP) is 20.4. The number of phosphoric ester groups is 2. The van der Waals surface area contributed by atoms with Gasteiger partial charge in [-0.2, -0.15) is 0 Å². The van der Waals surface area contributed by atoms with Crippen molar-refractivity contribution >= 4 is 39.5 Å². The lowest BCUT2D eigenvalue weighted by atomic mass is 10.1. The van der Waals surface area contributed by atoms with Crippen molar-refractivity contribution in [3.05, 3.63) is 97.2 Å². The van der Waals surface area contributed by atoms with Gasteiger partial charge in [-0.05, 0) is 116 Å². The molecule has 0 amide bonds. The quantitative estimate of drug-likeness (QED) is 0.0169. The number of carbonyl (C=O) groups is 4. The molecule has 0 radical (unpaired) electrons. The Morgan fingerprint density at radius 1 is 0.309 bits per heavy atom. The van der Waals surface area contributed by atoms with Gasteiger partial charge in [0.15, 0.2) is 12.2 Å². The molecule has 0 bridgehead atoms. The molecule has 0 fully saturated rings. The molecule has 542 valence electrons. The van der Waals surface area contributed by atoms with Crippen molar-refractivity contribution in [1.82, 2.24) is 0 Å². The highest BCUT2D eigenvalue weighted by molar-refractivity contribution is 7.47. The molecule has 0 aromatic carbocycles. The van der Waals surface area contributed by atoms with Gasteiger partial charge in [0.05, 0.1) is 26.4 Å². The van der Waals surface area contributed by atoms with E-state index in [0.29, 0.717) is 32.1 Å². The number of unbranched alkanes of at least 4 members (excludes halogenated alkanes) is 26. The number of rotatable bonds is 68. The molecule has 17 nitrogen and oxygen atoms in total. The second-order valence-corrected chi connectivity index (χ2v) is 27.1. The van der Waals surface area contributed by atoms with Gasteiger partial charge >= 0.3 is 39.5 Å². The molecule has 0 heterocycles. The number of allylic oxidation sites excluding steroid dienone is 16. The first-order chi connectivity index (χ1) is 45.7. The molecule has 0 aliphatic heterocycles. The largest absolute Gasteiger partial charge is 0.472 e. The van der Waals surface area contributed by atoms with Crippen LogP contribution >= 0.6 is 15.6 Å². The standard InChI is InChI=1S/C75H130O17P2/c1-5-9-13-17-21-25-29-31-33-34-36-37-41-44-48-52-56-60-73(78)86-66-71(92-75(80)62-58-54-50-46-42-38-35-32-30-26-22-18-14-10-6-2)68-90-94(83,84)88-64-69(76)63-87-93(81,82)89-67-70(91-74(79)61-57-53-49-45-40-28-24-20-16-12-8-4)65-85-72(77)59-55-51-47-43-39-27-23-19-15-11-7-3/h9,13,19,21-23,25-26,31-33,35-37,44,48,69-71,76H,5-8,10-12,14-18,20,24,27-30,34,38-43,45-47,49-68H2,1-4H3,(H,81,82)(H,83,84)/b13-9-,23-19-,25-21-,26-22-,33-31-,35-32-,37-36-,48-44-. The lowest BCUT2D eigenvalue weighted by molar-refractivity contribution is -0.161. The van der Waals surface area contributed by atoms with E-state index in [4.69, 9.17) is 37.0 Å². The van der Waals surface area contributed by atoms with Crippen LogP contribution in [-0.4, -0.2) is 96.7 Å². The Hall–Kier alpha value is -4.02. The fourth-order valence-electron chi connectivity index (χ4n) is 9.44. The number of phosphoric acid groups is 2. The molecule has 19 heteroatoms. The van der Waals surface area contributed by atoms with E-state index >= 15 is 0 Å². The Morgan fingerprint density at radius 3 is 0.957 bits per heavy atom. The van der Waals surface area contributed by atoms with Gasteiger partial charge in [-0.15, -0.1) is 0 Å². The highest BCUT2D eigenvalue weighted by Gasteiger charge is 2.30. The Labute approximate surface area is 569 Å². The number of carbonyl (C=O) groups excluding carboxylic acids is 4. The summed E-state index contributed by atoms with van der Waals surface area (Å²) >= 11 is 0. The van der Waals surface area contributed by atoms with Gasteiger partial charge in [0, 0.05) is 25.7 Å². The minimum atomic E-state index is -4.98. The number of aliphatic hydroxyl groups is 1. The maximum absolute atomic E-state index is 13.0. The monoisotopic (exact) mass is 1360 g/mol. The molecule has 5 unspecified atom stereocenters. The fraction of sp³-hybridized carbons (Fsp3) is 0.733. The Morgan fingerprint density at radius 2 is 0.574 bits per heavy atom. The Balaban J connectivity index is 5.38. The zero-order valence-corrected chi connectivity index (χ0v) is 60.7. The van der Waals surface area contributed by atoms with Crippen molar-refractivity contribution in [2.75, 3.05) is 39.6 Å². The van der Waals surface area contributed by atoms with Gasteiger partial charge in [-0.3, -0.25) is 37.3 Å². The van der Waals surface area contributed by atoms with E-state index in [1.54, 1.807) is 0 Å². The molecule has 0 aliphatic carbocycles. The summed E-state index contributed by atoms with van der Waals surface area (Å²) < 4.78 is 68.2. The van der Waals surface area contributed by atoms with Crippen molar-refractivity contribution in [2.45, 2.75) is 316 Å². The number of esters is 4. The van der Waals surface area contributed by atoms with Crippen LogP contribution in [0.15, 0.2) is 97.2 Å². The molecular formula is C75H130O17P2. The number of ether oxygens (including phenoxy) is 4. The topological polar surface area (TPSA) is 237 Å². The van der Waals surface area contributed by atoms with Crippen LogP contribution in [0.3, 0.4) is 0 Å². The van der Waals surface area contributed by atoms with Crippen LogP contribution in [-0.2, 0) is 65.4 Å². The first-order valence-corrected chi connectivity index (χ1v) is 39.5. The van der Waals surface area contributed by atoms with Crippen LogP contribution < -0.4 is 0 Å². The van der Waals surface area contributed by atoms with Crippen molar-refractivity contribution in [2.24, 2.45) is 0 Å². The van der Waals surface area contributed by atoms with E-state index in [0.717, 1.165) is 141 Å². The lowest BCUT2D eigenvalue weighted by Gasteiger charge is -2.21. The highest BCUT2D eigenvalue weighted by Crippen LogP contribution is 2.45. The number of hydrogen-bond acceptors (Lipinski definition) is 15. The molecule has 0 aromatic rings. The van der Waals surface area contributed by atoms with Gasteiger partial charge in [0.25, 0.3) is 0 Å². The van der Waals surface area contributed by atoms with Gasteiger partial charge in [-0.1, -0.05) is 253 Å². The summed E-state index contributed by atoms with van der Waals surface area (Å²) in [4.78, 5) is 72.6. The van der Waals surface area contributed by atoms with E-state index in [1.807, 2.05) is 12.2 Å². The van der Waals surface area contributed by atoms with Gasteiger partial charge in [-0.25, -0.2) is 9.13 Å². The minimum absolute atomic E-state index is 0.0665. The number of aliphatic hydroxyl groups excluding tert-OH is 1. The first kappa shape index (κ1) is 90.0. The smallest absolute Gasteiger partial charge is 0.462 e. The maximum atomic E-state index is 13.0.